The molecule has 0 heterocycles. The summed E-state index contributed by atoms with van der Waals surface area (Å²) in [6, 6.07) is 8.94. The highest BCUT2D eigenvalue weighted by Crippen LogP contribution is 2.20. The van der Waals surface area contributed by atoms with Crippen molar-refractivity contribution in [3.63, 3.8) is 0 Å². The maximum absolute atomic E-state index is 12.0. The van der Waals surface area contributed by atoms with E-state index in [0.717, 1.165) is 0 Å². The zero-order chi connectivity index (χ0) is 15.3. The van der Waals surface area contributed by atoms with Gasteiger partial charge in [-0.3, -0.25) is 9.59 Å². The molecule has 20 heavy (non-hydrogen) atoms. The number of rotatable bonds is 5. The first-order valence-electron chi connectivity index (χ1n) is 6.68. The molecule has 0 unspecified atom stereocenters. The Kier molecular flexibility index (Phi) is 5.45. The molecular weight excluding hydrogens is 256 g/mol. The Morgan fingerprint density at radius 2 is 1.75 bits per heavy atom. The predicted octanol–water partition coefficient (Wildman–Crippen LogP) is 2.66. The van der Waals surface area contributed by atoms with Crippen LogP contribution >= 0.6 is 0 Å². The van der Waals surface area contributed by atoms with Gasteiger partial charge >= 0.3 is 5.97 Å². The van der Waals surface area contributed by atoms with Crippen LogP contribution in [0, 0.1) is 5.41 Å². The van der Waals surface area contributed by atoms with Crippen molar-refractivity contribution < 1.29 is 19.4 Å². The Hall–Kier alpha value is -1.68. The molecule has 0 radical (unpaired) electrons. The molecule has 0 aromatic heterocycles. The highest BCUT2D eigenvalue weighted by atomic mass is 16.5. The molecular formula is C16H22O4. The molecule has 110 valence electrons. The van der Waals surface area contributed by atoms with Gasteiger partial charge in [-0.1, -0.05) is 30.3 Å². The number of carbonyl (C=O) groups excluding carboxylic acids is 2. The van der Waals surface area contributed by atoms with Crippen molar-refractivity contribution >= 4 is 11.8 Å². The third-order valence-electron chi connectivity index (χ3n) is 2.93. The van der Waals surface area contributed by atoms with E-state index in [4.69, 9.17) is 4.74 Å². The molecule has 0 aliphatic rings. The van der Waals surface area contributed by atoms with E-state index in [2.05, 4.69) is 0 Å². The SMILES string of the molecule is C[C@H](OC(=O)C(C)(C)C)C(=O)C[C@H](O)c1ccccc1. The molecule has 1 N–H and O–H groups in total. The molecule has 0 amide bonds. The van der Waals surface area contributed by atoms with Crippen LogP contribution in [0.1, 0.15) is 45.8 Å². The standard InChI is InChI=1S/C16H22O4/c1-11(20-15(19)16(2,3)4)13(17)10-14(18)12-8-6-5-7-9-12/h5-9,11,14,18H,10H2,1-4H3/t11-,14-/m0/s1. The second-order valence-corrected chi connectivity index (χ2v) is 5.89. The maximum Gasteiger partial charge on any atom is 0.311 e. The van der Waals surface area contributed by atoms with E-state index in [-0.39, 0.29) is 12.2 Å². The van der Waals surface area contributed by atoms with Crippen molar-refractivity contribution in [3.05, 3.63) is 35.9 Å². The number of carbonyl (C=O) groups is 2. The highest BCUT2D eigenvalue weighted by Gasteiger charge is 2.28. The van der Waals surface area contributed by atoms with E-state index >= 15 is 0 Å². The number of benzene rings is 1. The molecule has 4 nitrogen and oxygen atoms in total. The van der Waals surface area contributed by atoms with Gasteiger partial charge in [0.05, 0.1) is 11.5 Å². The molecule has 1 rings (SSSR count). The van der Waals surface area contributed by atoms with Crippen molar-refractivity contribution in [3.8, 4) is 0 Å². The lowest BCUT2D eigenvalue weighted by Crippen LogP contribution is -2.31. The number of ether oxygens (including phenoxy) is 1. The minimum Gasteiger partial charge on any atom is -0.454 e. The van der Waals surface area contributed by atoms with Gasteiger partial charge in [-0.25, -0.2) is 0 Å². The number of ketones is 1. The van der Waals surface area contributed by atoms with E-state index in [1.165, 1.54) is 6.92 Å². The molecule has 4 heteroatoms. The third kappa shape index (κ3) is 4.78. The fraction of sp³-hybridized carbons (Fsp3) is 0.500. The first-order chi connectivity index (χ1) is 9.21. The second-order valence-electron chi connectivity index (χ2n) is 5.89. The Labute approximate surface area is 119 Å². The lowest BCUT2D eigenvalue weighted by molar-refractivity contribution is -0.162. The van der Waals surface area contributed by atoms with Gasteiger partial charge in [-0.15, -0.1) is 0 Å². The van der Waals surface area contributed by atoms with E-state index in [1.807, 2.05) is 6.07 Å². The monoisotopic (exact) mass is 278 g/mol. The van der Waals surface area contributed by atoms with Gasteiger partial charge in [0.2, 0.25) is 0 Å². The average Bonchev–Trinajstić information content (AvgIpc) is 2.38. The number of hydrogen-bond donors (Lipinski definition) is 1. The van der Waals surface area contributed by atoms with Crippen LogP contribution in [0.4, 0.5) is 0 Å². The van der Waals surface area contributed by atoms with E-state index in [9.17, 15) is 14.7 Å². The summed E-state index contributed by atoms with van der Waals surface area (Å²) in [6.45, 7) is 6.71. The molecule has 0 fully saturated rings. The van der Waals surface area contributed by atoms with Crippen LogP contribution in [-0.4, -0.2) is 23.0 Å². The summed E-state index contributed by atoms with van der Waals surface area (Å²) in [5.41, 5.74) is 0.0299. The third-order valence-corrected chi connectivity index (χ3v) is 2.93. The lowest BCUT2D eigenvalue weighted by atomic mass is 9.97. The number of hydrogen-bond acceptors (Lipinski definition) is 4. The summed E-state index contributed by atoms with van der Waals surface area (Å²) in [7, 11) is 0. The van der Waals surface area contributed by atoms with Crippen molar-refractivity contribution in [1.82, 2.24) is 0 Å². The maximum atomic E-state index is 12.0. The highest BCUT2D eigenvalue weighted by molar-refractivity contribution is 5.86. The Bertz CT molecular complexity index is 459. The van der Waals surface area contributed by atoms with Gasteiger partial charge in [0.25, 0.3) is 0 Å². The minimum absolute atomic E-state index is 0.0669. The fourth-order valence-electron chi connectivity index (χ4n) is 1.55. The normalized spacial score (nSPS) is 14.4. The van der Waals surface area contributed by atoms with Crippen LogP contribution in [0.15, 0.2) is 30.3 Å². The van der Waals surface area contributed by atoms with E-state index in [1.54, 1.807) is 45.0 Å². The van der Waals surface area contributed by atoms with Gasteiger partial charge in [0.1, 0.15) is 0 Å². The van der Waals surface area contributed by atoms with Gasteiger partial charge in [0, 0.05) is 6.42 Å². The molecule has 1 aromatic rings. The Morgan fingerprint density at radius 3 is 2.25 bits per heavy atom. The summed E-state index contributed by atoms with van der Waals surface area (Å²) in [4.78, 5) is 23.7. The summed E-state index contributed by atoms with van der Waals surface area (Å²) >= 11 is 0. The molecule has 0 bridgehead atoms. The van der Waals surface area contributed by atoms with Crippen LogP contribution in [0.2, 0.25) is 0 Å². The van der Waals surface area contributed by atoms with Crippen LogP contribution in [-0.2, 0) is 14.3 Å². The summed E-state index contributed by atoms with van der Waals surface area (Å²) in [5.74, 6) is -0.716. The fourth-order valence-corrected chi connectivity index (χ4v) is 1.55. The Morgan fingerprint density at radius 1 is 1.20 bits per heavy atom. The molecule has 0 saturated heterocycles. The van der Waals surface area contributed by atoms with Crippen molar-refractivity contribution in [2.45, 2.75) is 46.3 Å². The zero-order valence-electron chi connectivity index (χ0n) is 12.4. The Balaban J connectivity index is 2.56. The van der Waals surface area contributed by atoms with Crippen molar-refractivity contribution in [1.29, 1.82) is 0 Å². The number of esters is 1. The summed E-state index contributed by atoms with van der Waals surface area (Å²) < 4.78 is 5.11. The molecule has 0 spiro atoms. The van der Waals surface area contributed by atoms with Crippen LogP contribution < -0.4 is 0 Å². The average molecular weight is 278 g/mol. The predicted molar refractivity (Wildman–Crippen MR) is 76.0 cm³/mol. The first kappa shape index (κ1) is 16.4. The number of aliphatic hydroxyl groups is 1. The van der Waals surface area contributed by atoms with E-state index in [0.29, 0.717) is 5.56 Å². The quantitative estimate of drug-likeness (QED) is 0.841. The van der Waals surface area contributed by atoms with Crippen LogP contribution in [0.25, 0.3) is 0 Å². The second kappa shape index (κ2) is 6.66. The molecule has 0 saturated carbocycles. The molecule has 1 aromatic carbocycles. The van der Waals surface area contributed by atoms with Crippen LogP contribution in [0.3, 0.4) is 0 Å². The summed E-state index contributed by atoms with van der Waals surface area (Å²) in [6.07, 6.45) is -1.79. The topological polar surface area (TPSA) is 63.6 Å². The lowest BCUT2D eigenvalue weighted by Gasteiger charge is -2.21. The minimum atomic E-state index is -0.875. The number of aliphatic hydroxyl groups excluding tert-OH is 1. The van der Waals surface area contributed by atoms with Crippen LogP contribution in [0.5, 0.6) is 0 Å². The van der Waals surface area contributed by atoms with Crippen molar-refractivity contribution in [2.75, 3.05) is 0 Å². The van der Waals surface area contributed by atoms with Gasteiger partial charge in [-0.2, -0.15) is 0 Å². The summed E-state index contributed by atoms with van der Waals surface area (Å²) in [5, 5.41) is 9.97. The van der Waals surface area contributed by atoms with Gasteiger partial charge in [-0.05, 0) is 33.3 Å². The largest absolute Gasteiger partial charge is 0.454 e. The molecule has 2 atom stereocenters. The van der Waals surface area contributed by atoms with Gasteiger partial charge in [0.15, 0.2) is 11.9 Å². The van der Waals surface area contributed by atoms with Crippen molar-refractivity contribution in [2.24, 2.45) is 5.41 Å². The van der Waals surface area contributed by atoms with Gasteiger partial charge < -0.3 is 9.84 Å². The molecule has 0 aliphatic heterocycles. The van der Waals surface area contributed by atoms with E-state index < -0.39 is 23.6 Å². The first-order valence-corrected chi connectivity index (χ1v) is 6.68. The number of Topliss-reactive ketones (excluding diaryl/α,β-unsaturated/α-hetero) is 1. The smallest absolute Gasteiger partial charge is 0.311 e. The molecule has 0 aliphatic carbocycles. The zero-order valence-corrected chi connectivity index (χ0v) is 12.4.